The number of benzene rings is 5. The van der Waals surface area contributed by atoms with Gasteiger partial charge in [0.1, 0.15) is 11.2 Å². The summed E-state index contributed by atoms with van der Waals surface area (Å²) in [5.74, 6) is 2.32. The monoisotopic (exact) mass is 553 g/mol. The van der Waals surface area contributed by atoms with Crippen LogP contribution in [-0.4, -0.2) is 24.9 Å². The quantitative estimate of drug-likeness (QED) is 0.212. The molecule has 6 nitrogen and oxygen atoms in total. The topological polar surface area (TPSA) is 77.6 Å². The summed E-state index contributed by atoms with van der Waals surface area (Å²) in [4.78, 5) is 24.3. The minimum atomic E-state index is 0.514. The normalized spacial score (nSPS) is 11.3. The highest BCUT2D eigenvalue weighted by Crippen LogP contribution is 2.33. The fourth-order valence-corrected chi connectivity index (χ4v) is 5.21. The fourth-order valence-electron chi connectivity index (χ4n) is 5.21. The Bertz CT molecular complexity index is 2170. The molecule has 0 radical (unpaired) electrons. The standard InChI is InChI=1S/C37H23N5O/c1-4-11-25(12-5-1)34-40-35(26-13-6-2-7-14-26)42-36(41-34)32-18-10-17-30(38-32)28-20-19-24-21-22-31-33(29(24)23-28)43-37(39-31)27-15-8-3-9-16-27/h1-23H. The smallest absolute Gasteiger partial charge is 0.227 e. The Kier molecular flexibility index (Phi) is 6.01. The molecule has 0 saturated heterocycles. The first kappa shape index (κ1) is 24.8. The van der Waals surface area contributed by atoms with E-state index in [2.05, 4.69) is 24.3 Å². The summed E-state index contributed by atoms with van der Waals surface area (Å²) in [6.07, 6.45) is 0. The molecule has 6 heteroatoms. The third-order valence-corrected chi connectivity index (χ3v) is 7.37. The second kappa shape index (κ2) is 10.4. The summed E-state index contributed by atoms with van der Waals surface area (Å²) >= 11 is 0. The average Bonchev–Trinajstić information content (AvgIpc) is 3.54. The Morgan fingerprint density at radius 3 is 1.65 bits per heavy atom. The lowest BCUT2D eigenvalue weighted by Gasteiger charge is -2.09. The molecule has 8 rings (SSSR count). The minimum Gasteiger partial charge on any atom is -0.435 e. The second-order valence-electron chi connectivity index (χ2n) is 10.2. The molecule has 5 aromatic carbocycles. The summed E-state index contributed by atoms with van der Waals surface area (Å²) in [7, 11) is 0. The Morgan fingerprint density at radius 2 is 0.977 bits per heavy atom. The maximum Gasteiger partial charge on any atom is 0.227 e. The minimum absolute atomic E-state index is 0.514. The van der Waals surface area contributed by atoms with E-state index in [0.717, 1.165) is 49.8 Å². The van der Waals surface area contributed by atoms with Crippen LogP contribution in [0.1, 0.15) is 0 Å². The SMILES string of the molecule is c1ccc(-c2nc(-c3ccccc3)nc(-c3cccc(-c4ccc5ccc6nc(-c7ccccc7)oc6c5c4)n3)n2)cc1. The van der Waals surface area contributed by atoms with E-state index < -0.39 is 0 Å². The Balaban J connectivity index is 1.24. The largest absolute Gasteiger partial charge is 0.435 e. The highest BCUT2D eigenvalue weighted by Gasteiger charge is 2.15. The van der Waals surface area contributed by atoms with Crippen molar-refractivity contribution in [3.8, 4) is 57.0 Å². The summed E-state index contributed by atoms with van der Waals surface area (Å²) in [5, 5.41) is 2.05. The van der Waals surface area contributed by atoms with Crippen LogP contribution in [0.15, 0.2) is 144 Å². The molecule has 0 aliphatic carbocycles. The van der Waals surface area contributed by atoms with Gasteiger partial charge >= 0.3 is 0 Å². The lowest BCUT2D eigenvalue weighted by molar-refractivity contribution is 0.623. The second-order valence-corrected chi connectivity index (χ2v) is 10.2. The zero-order chi connectivity index (χ0) is 28.6. The van der Waals surface area contributed by atoms with Gasteiger partial charge in [-0.05, 0) is 41.8 Å². The molecule has 43 heavy (non-hydrogen) atoms. The van der Waals surface area contributed by atoms with E-state index in [1.807, 2.05) is 115 Å². The Morgan fingerprint density at radius 1 is 0.395 bits per heavy atom. The van der Waals surface area contributed by atoms with Crippen LogP contribution in [0, 0.1) is 0 Å². The van der Waals surface area contributed by atoms with Gasteiger partial charge in [-0.3, -0.25) is 0 Å². The number of hydrogen-bond donors (Lipinski definition) is 0. The maximum atomic E-state index is 6.30. The number of nitrogens with zero attached hydrogens (tertiary/aromatic N) is 5. The number of rotatable bonds is 5. The predicted octanol–water partition coefficient (Wildman–Crippen LogP) is 8.90. The Labute approximate surface area is 247 Å². The molecule has 0 fully saturated rings. The lowest BCUT2D eigenvalue weighted by Crippen LogP contribution is -2.01. The molecule has 0 aliphatic rings. The van der Waals surface area contributed by atoms with Gasteiger partial charge in [-0.1, -0.05) is 103 Å². The first-order chi connectivity index (χ1) is 21.3. The van der Waals surface area contributed by atoms with E-state index in [9.17, 15) is 0 Å². The molecule has 0 N–H and O–H groups in total. The molecule has 3 aromatic heterocycles. The Hall–Kier alpha value is -6.01. The van der Waals surface area contributed by atoms with E-state index >= 15 is 0 Å². The number of aromatic nitrogens is 5. The van der Waals surface area contributed by atoms with Gasteiger partial charge in [0.15, 0.2) is 23.1 Å². The van der Waals surface area contributed by atoms with Gasteiger partial charge < -0.3 is 4.42 Å². The molecule has 0 saturated carbocycles. The molecule has 0 amide bonds. The molecule has 8 aromatic rings. The number of fused-ring (bicyclic) bond motifs is 3. The van der Waals surface area contributed by atoms with Crippen molar-refractivity contribution in [3.63, 3.8) is 0 Å². The molecule has 0 atom stereocenters. The summed E-state index contributed by atoms with van der Waals surface area (Å²) in [6, 6.07) is 46.1. The highest BCUT2D eigenvalue weighted by atomic mass is 16.3. The van der Waals surface area contributed by atoms with Crippen molar-refractivity contribution in [1.82, 2.24) is 24.9 Å². The average molecular weight is 554 g/mol. The molecular formula is C37H23N5O. The van der Waals surface area contributed by atoms with Crippen molar-refractivity contribution in [2.45, 2.75) is 0 Å². The van der Waals surface area contributed by atoms with Crippen LogP contribution in [0.4, 0.5) is 0 Å². The van der Waals surface area contributed by atoms with Gasteiger partial charge in [-0.2, -0.15) is 0 Å². The number of pyridine rings is 1. The molecule has 202 valence electrons. The van der Waals surface area contributed by atoms with Gasteiger partial charge in [-0.25, -0.2) is 24.9 Å². The van der Waals surface area contributed by atoms with Crippen molar-refractivity contribution in [3.05, 3.63) is 140 Å². The van der Waals surface area contributed by atoms with E-state index in [-0.39, 0.29) is 0 Å². The molecule has 0 unspecified atom stereocenters. The van der Waals surface area contributed by atoms with Crippen LogP contribution in [0.25, 0.3) is 78.9 Å². The molecular weight excluding hydrogens is 530 g/mol. The molecule has 0 aliphatic heterocycles. The van der Waals surface area contributed by atoms with E-state index in [0.29, 0.717) is 29.1 Å². The van der Waals surface area contributed by atoms with Crippen molar-refractivity contribution in [1.29, 1.82) is 0 Å². The first-order valence-corrected chi connectivity index (χ1v) is 14.0. The van der Waals surface area contributed by atoms with Crippen LogP contribution < -0.4 is 0 Å². The van der Waals surface area contributed by atoms with Crippen molar-refractivity contribution >= 4 is 21.9 Å². The molecule has 0 bridgehead atoms. The van der Waals surface area contributed by atoms with Gasteiger partial charge in [0, 0.05) is 27.6 Å². The van der Waals surface area contributed by atoms with Crippen LogP contribution in [0.5, 0.6) is 0 Å². The van der Waals surface area contributed by atoms with E-state index in [1.165, 1.54) is 0 Å². The van der Waals surface area contributed by atoms with Crippen LogP contribution in [0.2, 0.25) is 0 Å². The highest BCUT2D eigenvalue weighted by molar-refractivity contribution is 6.05. The third kappa shape index (κ3) is 4.71. The zero-order valence-corrected chi connectivity index (χ0v) is 22.9. The van der Waals surface area contributed by atoms with Crippen LogP contribution in [-0.2, 0) is 0 Å². The fraction of sp³-hybridized carbons (Fsp3) is 0. The van der Waals surface area contributed by atoms with Crippen molar-refractivity contribution in [2.75, 3.05) is 0 Å². The first-order valence-electron chi connectivity index (χ1n) is 14.0. The maximum absolute atomic E-state index is 6.30. The molecule has 3 heterocycles. The summed E-state index contributed by atoms with van der Waals surface area (Å²) in [6.45, 7) is 0. The zero-order valence-electron chi connectivity index (χ0n) is 22.9. The van der Waals surface area contributed by atoms with Crippen molar-refractivity contribution in [2.24, 2.45) is 0 Å². The lowest BCUT2D eigenvalue weighted by atomic mass is 10.0. The van der Waals surface area contributed by atoms with Crippen LogP contribution >= 0.6 is 0 Å². The molecule has 0 spiro atoms. The summed E-state index contributed by atoms with van der Waals surface area (Å²) < 4.78 is 6.30. The van der Waals surface area contributed by atoms with E-state index in [1.54, 1.807) is 0 Å². The third-order valence-electron chi connectivity index (χ3n) is 7.37. The van der Waals surface area contributed by atoms with E-state index in [4.69, 9.17) is 29.3 Å². The number of oxazole rings is 1. The van der Waals surface area contributed by atoms with Gasteiger partial charge in [0.05, 0.1) is 5.69 Å². The summed E-state index contributed by atoms with van der Waals surface area (Å²) in [5.41, 5.74) is 6.78. The van der Waals surface area contributed by atoms with Gasteiger partial charge in [0.2, 0.25) is 5.89 Å². The predicted molar refractivity (Wildman–Crippen MR) is 170 cm³/mol. The van der Waals surface area contributed by atoms with Crippen LogP contribution in [0.3, 0.4) is 0 Å². The van der Waals surface area contributed by atoms with Crippen molar-refractivity contribution < 1.29 is 4.42 Å². The number of hydrogen-bond acceptors (Lipinski definition) is 6. The van der Waals surface area contributed by atoms with Gasteiger partial charge in [-0.15, -0.1) is 0 Å². The van der Waals surface area contributed by atoms with Gasteiger partial charge in [0.25, 0.3) is 0 Å².